The minimum atomic E-state index is -2.71. The summed E-state index contributed by atoms with van der Waals surface area (Å²) in [5.74, 6) is -1.19. The summed E-state index contributed by atoms with van der Waals surface area (Å²) >= 11 is 0. The highest BCUT2D eigenvalue weighted by Gasteiger charge is 2.34. The van der Waals surface area contributed by atoms with Crippen molar-refractivity contribution in [1.82, 2.24) is 20.0 Å². The molecule has 3 heterocycles. The van der Waals surface area contributed by atoms with Gasteiger partial charge in [0.05, 0.1) is 0 Å². The molecule has 2 aliphatic heterocycles. The number of aliphatic carboxylic acids is 1. The molecule has 1 unspecified atom stereocenters. The average molecular weight is 406 g/mol. The van der Waals surface area contributed by atoms with Crippen LogP contribution in [0, 0.1) is 5.92 Å². The molecule has 0 aromatic carbocycles. The molecule has 0 bridgehead atoms. The van der Waals surface area contributed by atoms with Crippen molar-refractivity contribution in [3.63, 3.8) is 0 Å². The number of carbonyl (C=O) groups excluding carboxylic acids is 1. The predicted octanol–water partition coefficient (Wildman–Crippen LogP) is 2.43. The molecule has 7 nitrogen and oxygen atoms in total. The standard InChI is InChI=1S/C20H24F2N4O3/c21-19(22)15-10-16(13-1-2-13)26(24-15)11-18(27)25-8-5-14(9-17(25)20(28)29)12-3-6-23-7-4-12/h5,8-10,12-13,17,19,23H,1-4,6-7,11H2,(H,28,29). The number of nitrogens with zero attached hydrogens (tertiary/aromatic N) is 3. The van der Waals surface area contributed by atoms with E-state index >= 15 is 0 Å². The number of carboxylic acids is 1. The molecule has 2 N–H and O–H groups in total. The number of hydrogen-bond donors (Lipinski definition) is 2. The largest absolute Gasteiger partial charge is 0.479 e. The molecular weight excluding hydrogens is 382 g/mol. The van der Waals surface area contributed by atoms with Gasteiger partial charge in [-0.2, -0.15) is 5.10 Å². The second-order valence-corrected chi connectivity index (χ2v) is 7.82. The normalized spacial score (nSPS) is 22.8. The SMILES string of the molecule is O=C(O)C1C=C(C2CCNCC2)C=CN1C(=O)Cn1nc(C(F)F)cc1C1CC1. The van der Waals surface area contributed by atoms with Crippen LogP contribution in [0.4, 0.5) is 8.78 Å². The van der Waals surface area contributed by atoms with E-state index in [-0.39, 0.29) is 24.1 Å². The molecule has 1 aromatic rings. The van der Waals surface area contributed by atoms with Gasteiger partial charge in [0.1, 0.15) is 12.2 Å². The van der Waals surface area contributed by atoms with Gasteiger partial charge in [-0.1, -0.05) is 0 Å². The molecule has 0 spiro atoms. The highest BCUT2D eigenvalue weighted by molar-refractivity contribution is 5.86. The number of alkyl halides is 2. The molecule has 4 rings (SSSR count). The van der Waals surface area contributed by atoms with Crippen LogP contribution in [-0.2, 0) is 16.1 Å². The van der Waals surface area contributed by atoms with Crippen molar-refractivity contribution in [3.05, 3.63) is 41.4 Å². The summed E-state index contributed by atoms with van der Waals surface area (Å²) in [7, 11) is 0. The molecule has 156 valence electrons. The Morgan fingerprint density at radius 2 is 1.93 bits per heavy atom. The molecule has 1 aromatic heterocycles. The molecule has 0 radical (unpaired) electrons. The van der Waals surface area contributed by atoms with Gasteiger partial charge in [0.25, 0.3) is 6.43 Å². The Morgan fingerprint density at radius 3 is 2.55 bits per heavy atom. The van der Waals surface area contributed by atoms with Crippen LogP contribution in [0.3, 0.4) is 0 Å². The Kier molecular flexibility index (Phi) is 5.49. The van der Waals surface area contributed by atoms with Gasteiger partial charge < -0.3 is 10.4 Å². The number of halogens is 2. The van der Waals surface area contributed by atoms with Crippen molar-refractivity contribution in [2.45, 2.75) is 50.6 Å². The van der Waals surface area contributed by atoms with Crippen LogP contribution in [0.15, 0.2) is 30.0 Å². The van der Waals surface area contributed by atoms with Gasteiger partial charge in [-0.25, -0.2) is 13.6 Å². The first kappa shape index (κ1) is 19.8. The van der Waals surface area contributed by atoms with E-state index in [9.17, 15) is 23.5 Å². The van der Waals surface area contributed by atoms with Gasteiger partial charge in [-0.05, 0) is 68.5 Å². The third-order valence-electron chi connectivity index (χ3n) is 5.76. The van der Waals surface area contributed by atoms with Crippen molar-refractivity contribution in [1.29, 1.82) is 0 Å². The zero-order valence-corrected chi connectivity index (χ0v) is 15.9. The van der Waals surface area contributed by atoms with E-state index in [4.69, 9.17) is 0 Å². The van der Waals surface area contributed by atoms with Crippen molar-refractivity contribution in [2.75, 3.05) is 13.1 Å². The van der Waals surface area contributed by atoms with E-state index < -0.39 is 24.3 Å². The van der Waals surface area contributed by atoms with Crippen LogP contribution >= 0.6 is 0 Å². The molecule has 29 heavy (non-hydrogen) atoms. The average Bonchev–Trinajstić information content (AvgIpc) is 3.48. The molecule has 1 saturated carbocycles. The number of aromatic nitrogens is 2. The number of allylic oxidation sites excluding steroid dienone is 2. The lowest BCUT2D eigenvalue weighted by molar-refractivity contribution is -0.146. The van der Waals surface area contributed by atoms with E-state index in [2.05, 4.69) is 10.4 Å². The highest BCUT2D eigenvalue weighted by Crippen LogP contribution is 2.41. The van der Waals surface area contributed by atoms with Crippen molar-refractivity contribution in [3.8, 4) is 0 Å². The second kappa shape index (κ2) is 8.06. The maximum absolute atomic E-state index is 13.1. The number of hydrogen-bond acceptors (Lipinski definition) is 4. The summed E-state index contributed by atoms with van der Waals surface area (Å²) < 4.78 is 27.4. The van der Waals surface area contributed by atoms with E-state index in [0.717, 1.165) is 49.2 Å². The van der Waals surface area contributed by atoms with E-state index in [1.165, 1.54) is 16.9 Å². The van der Waals surface area contributed by atoms with E-state index in [1.807, 2.05) is 0 Å². The smallest absolute Gasteiger partial charge is 0.330 e. The van der Waals surface area contributed by atoms with Crippen LogP contribution in [-0.4, -0.2) is 50.8 Å². The number of carboxylic acid groups (broad SMARTS) is 1. The van der Waals surface area contributed by atoms with Gasteiger partial charge in [-0.3, -0.25) is 14.4 Å². The lowest BCUT2D eigenvalue weighted by Crippen LogP contribution is -2.44. The fourth-order valence-electron chi connectivity index (χ4n) is 4.04. The number of nitrogens with one attached hydrogen (secondary N) is 1. The van der Waals surface area contributed by atoms with Crippen LogP contribution in [0.5, 0.6) is 0 Å². The van der Waals surface area contributed by atoms with Gasteiger partial charge in [0.2, 0.25) is 5.91 Å². The number of carbonyl (C=O) groups is 2. The summed E-state index contributed by atoms with van der Waals surface area (Å²) in [6.07, 6.45) is 5.83. The number of rotatable bonds is 6. The summed E-state index contributed by atoms with van der Waals surface area (Å²) in [6, 6.07) is 0.248. The summed E-state index contributed by atoms with van der Waals surface area (Å²) in [4.78, 5) is 25.8. The first-order valence-corrected chi connectivity index (χ1v) is 9.94. The Morgan fingerprint density at radius 1 is 1.21 bits per heavy atom. The maximum atomic E-state index is 13.1. The van der Waals surface area contributed by atoms with Gasteiger partial charge in [0, 0.05) is 17.8 Å². The second-order valence-electron chi connectivity index (χ2n) is 7.82. The first-order valence-electron chi connectivity index (χ1n) is 9.94. The van der Waals surface area contributed by atoms with Crippen LogP contribution in [0.25, 0.3) is 0 Å². The summed E-state index contributed by atoms with van der Waals surface area (Å²) in [6.45, 7) is 1.50. The summed E-state index contributed by atoms with van der Waals surface area (Å²) in [5.41, 5.74) is 1.20. The molecular formula is C20H24F2N4O3. The molecule has 1 aliphatic carbocycles. The quantitative estimate of drug-likeness (QED) is 0.758. The van der Waals surface area contributed by atoms with Crippen LogP contribution in [0.1, 0.15) is 49.4 Å². The van der Waals surface area contributed by atoms with Gasteiger partial charge in [-0.15, -0.1) is 0 Å². The molecule has 2 fully saturated rings. The Bertz CT molecular complexity index is 854. The zero-order chi connectivity index (χ0) is 20.5. The van der Waals surface area contributed by atoms with Crippen LogP contribution in [0.2, 0.25) is 0 Å². The number of piperidine rings is 1. The predicted molar refractivity (Wildman–Crippen MR) is 100 cm³/mol. The fourth-order valence-corrected chi connectivity index (χ4v) is 4.04. The topological polar surface area (TPSA) is 87.5 Å². The van der Waals surface area contributed by atoms with Crippen molar-refractivity contribution < 1.29 is 23.5 Å². The lowest BCUT2D eigenvalue weighted by atomic mass is 9.87. The molecule has 3 aliphatic rings. The third-order valence-corrected chi connectivity index (χ3v) is 5.76. The first-order chi connectivity index (χ1) is 13.9. The van der Waals surface area contributed by atoms with Crippen molar-refractivity contribution in [2.24, 2.45) is 5.92 Å². The van der Waals surface area contributed by atoms with E-state index in [1.54, 1.807) is 12.2 Å². The van der Waals surface area contributed by atoms with Gasteiger partial charge >= 0.3 is 5.97 Å². The number of amides is 1. The molecule has 1 saturated heterocycles. The fraction of sp³-hybridized carbons (Fsp3) is 0.550. The third kappa shape index (κ3) is 4.24. The van der Waals surface area contributed by atoms with Crippen molar-refractivity contribution >= 4 is 11.9 Å². The minimum Gasteiger partial charge on any atom is -0.479 e. The molecule has 1 amide bonds. The Balaban J connectivity index is 1.52. The van der Waals surface area contributed by atoms with Crippen LogP contribution < -0.4 is 5.32 Å². The maximum Gasteiger partial charge on any atom is 0.330 e. The molecule has 1 atom stereocenters. The molecule has 9 heteroatoms. The Hall–Kier alpha value is -2.55. The minimum absolute atomic E-state index is 0.140. The Labute approximate surface area is 167 Å². The summed E-state index contributed by atoms with van der Waals surface area (Å²) in [5, 5.41) is 16.8. The van der Waals surface area contributed by atoms with Gasteiger partial charge in [0.15, 0.2) is 6.04 Å². The van der Waals surface area contributed by atoms with E-state index in [0.29, 0.717) is 5.69 Å². The lowest BCUT2D eigenvalue weighted by Gasteiger charge is -2.31. The zero-order valence-electron chi connectivity index (χ0n) is 15.9. The monoisotopic (exact) mass is 406 g/mol. The highest BCUT2D eigenvalue weighted by atomic mass is 19.3.